The van der Waals surface area contributed by atoms with E-state index < -0.39 is 11.4 Å². The van der Waals surface area contributed by atoms with Gasteiger partial charge in [-0.15, -0.1) is 0 Å². The Balaban J connectivity index is 1.98. The molecule has 2 rings (SSSR count). The van der Waals surface area contributed by atoms with E-state index in [1.54, 1.807) is 0 Å². The summed E-state index contributed by atoms with van der Waals surface area (Å²) in [6.07, 6.45) is 0.820. The zero-order valence-corrected chi connectivity index (χ0v) is 14.4. The molecule has 1 heterocycles. The summed E-state index contributed by atoms with van der Waals surface area (Å²) in [6.45, 7) is 6.64. The lowest BCUT2D eigenvalue weighted by Gasteiger charge is -2.19. The highest BCUT2D eigenvalue weighted by molar-refractivity contribution is 5.84. The topological polar surface area (TPSA) is 84.9 Å². The molecule has 0 aliphatic carbocycles. The van der Waals surface area contributed by atoms with Gasteiger partial charge in [0, 0.05) is 24.9 Å². The zero-order valence-electron chi connectivity index (χ0n) is 14.4. The third kappa shape index (κ3) is 4.96. The molecule has 1 aliphatic rings. The number of benzene rings is 1. The molecular weight excluding hydrogens is 310 g/mol. The minimum atomic E-state index is -1.09. The van der Waals surface area contributed by atoms with E-state index in [4.69, 9.17) is 14.6 Å². The van der Waals surface area contributed by atoms with Gasteiger partial charge < -0.3 is 19.9 Å². The molecule has 132 valence electrons. The van der Waals surface area contributed by atoms with Gasteiger partial charge >= 0.3 is 5.97 Å². The number of carbonyl (C=O) groups is 2. The van der Waals surface area contributed by atoms with Crippen LogP contribution in [0.5, 0.6) is 5.75 Å². The van der Waals surface area contributed by atoms with Gasteiger partial charge in [0.25, 0.3) is 0 Å². The Kier molecular flexibility index (Phi) is 5.83. The number of carbonyl (C=O) groups excluding carboxylic acids is 1. The molecule has 1 unspecified atom stereocenters. The number of carboxylic acids is 1. The van der Waals surface area contributed by atoms with E-state index in [1.807, 2.05) is 25.1 Å². The fraction of sp³-hybridized carbons (Fsp3) is 0.556. The normalized spacial score (nSPS) is 17.5. The highest BCUT2D eigenvalue weighted by Gasteiger charge is 2.30. The first-order valence-corrected chi connectivity index (χ1v) is 8.12. The molecule has 1 amide bonds. The number of nitrogens with one attached hydrogen (secondary N) is 1. The second-order valence-electron chi connectivity index (χ2n) is 6.86. The minimum Gasteiger partial charge on any atom is -0.488 e. The van der Waals surface area contributed by atoms with Crippen LogP contribution >= 0.6 is 0 Å². The number of ether oxygens (including phenoxy) is 2. The fourth-order valence-corrected chi connectivity index (χ4v) is 2.44. The lowest BCUT2D eigenvalue weighted by atomic mass is 9.89. The first-order valence-electron chi connectivity index (χ1n) is 8.12. The van der Waals surface area contributed by atoms with Crippen LogP contribution in [0.1, 0.15) is 37.8 Å². The van der Waals surface area contributed by atoms with Crippen LogP contribution in [0, 0.1) is 12.3 Å². The number of amides is 1. The molecule has 2 N–H and O–H groups in total. The SMILES string of the molecule is Cc1ccc(CNC(=O)CC(C)(C)C(=O)O)c(OC2CCOC2)c1. The van der Waals surface area contributed by atoms with Crippen LogP contribution in [0.4, 0.5) is 0 Å². The molecule has 0 spiro atoms. The average Bonchev–Trinajstić information content (AvgIpc) is 2.98. The van der Waals surface area contributed by atoms with Gasteiger partial charge in [0.05, 0.1) is 18.6 Å². The van der Waals surface area contributed by atoms with Gasteiger partial charge in [0.1, 0.15) is 11.9 Å². The summed E-state index contributed by atoms with van der Waals surface area (Å²) in [5.41, 5.74) is 0.859. The van der Waals surface area contributed by atoms with Gasteiger partial charge in [-0.25, -0.2) is 0 Å². The molecule has 1 aromatic carbocycles. The Morgan fingerprint density at radius 1 is 1.42 bits per heavy atom. The maximum absolute atomic E-state index is 12.0. The number of rotatable bonds is 7. The smallest absolute Gasteiger partial charge is 0.309 e. The van der Waals surface area contributed by atoms with Crippen LogP contribution < -0.4 is 10.1 Å². The summed E-state index contributed by atoms with van der Waals surface area (Å²) in [5.74, 6) is -0.542. The molecule has 1 atom stereocenters. The molecule has 6 heteroatoms. The molecule has 0 saturated carbocycles. The predicted octanol–water partition coefficient (Wildman–Crippen LogP) is 2.28. The Labute approximate surface area is 142 Å². The van der Waals surface area contributed by atoms with Crippen LogP contribution in [0.15, 0.2) is 18.2 Å². The van der Waals surface area contributed by atoms with Gasteiger partial charge in [0.15, 0.2) is 0 Å². The lowest BCUT2D eigenvalue weighted by Crippen LogP contribution is -2.33. The van der Waals surface area contributed by atoms with E-state index in [1.165, 1.54) is 13.8 Å². The molecule has 1 saturated heterocycles. The lowest BCUT2D eigenvalue weighted by molar-refractivity contribution is -0.149. The maximum Gasteiger partial charge on any atom is 0.309 e. The Morgan fingerprint density at radius 3 is 2.79 bits per heavy atom. The standard InChI is InChI=1S/C18H25NO5/c1-12-4-5-13(15(8-12)24-14-6-7-23-11-14)10-19-16(20)9-18(2,3)17(21)22/h4-5,8,14H,6-7,9-11H2,1-3H3,(H,19,20)(H,21,22). The molecule has 1 fully saturated rings. The van der Waals surface area contributed by atoms with Crippen LogP contribution in [-0.4, -0.2) is 36.3 Å². The first kappa shape index (κ1) is 18.3. The van der Waals surface area contributed by atoms with Crippen molar-refractivity contribution in [2.75, 3.05) is 13.2 Å². The zero-order chi connectivity index (χ0) is 17.7. The Bertz CT molecular complexity index is 605. The van der Waals surface area contributed by atoms with Crippen molar-refractivity contribution in [3.8, 4) is 5.75 Å². The van der Waals surface area contributed by atoms with Crippen molar-refractivity contribution < 1.29 is 24.2 Å². The van der Waals surface area contributed by atoms with Crippen molar-refractivity contribution in [2.45, 2.75) is 46.3 Å². The van der Waals surface area contributed by atoms with E-state index >= 15 is 0 Å². The van der Waals surface area contributed by atoms with Crippen molar-refractivity contribution in [1.82, 2.24) is 5.32 Å². The second-order valence-corrected chi connectivity index (χ2v) is 6.86. The summed E-state index contributed by atoms with van der Waals surface area (Å²) in [5, 5.41) is 11.9. The maximum atomic E-state index is 12.0. The Hall–Kier alpha value is -2.08. The van der Waals surface area contributed by atoms with Crippen molar-refractivity contribution in [1.29, 1.82) is 0 Å². The van der Waals surface area contributed by atoms with Crippen LogP contribution in [-0.2, 0) is 20.9 Å². The molecule has 0 aromatic heterocycles. The number of hydrogen-bond donors (Lipinski definition) is 2. The predicted molar refractivity (Wildman–Crippen MR) is 88.9 cm³/mol. The highest BCUT2D eigenvalue weighted by Crippen LogP contribution is 2.24. The minimum absolute atomic E-state index is 0.0344. The number of aryl methyl sites for hydroxylation is 1. The summed E-state index contributed by atoms with van der Waals surface area (Å²) in [7, 11) is 0. The van der Waals surface area contributed by atoms with Crippen molar-refractivity contribution in [3.05, 3.63) is 29.3 Å². The second kappa shape index (κ2) is 7.66. The number of hydrogen-bond acceptors (Lipinski definition) is 4. The summed E-state index contributed by atoms with van der Waals surface area (Å²) in [4.78, 5) is 23.1. The van der Waals surface area contributed by atoms with Crippen molar-refractivity contribution in [2.24, 2.45) is 5.41 Å². The third-order valence-corrected chi connectivity index (χ3v) is 4.06. The van der Waals surface area contributed by atoms with Gasteiger partial charge in [0.2, 0.25) is 5.91 Å². The van der Waals surface area contributed by atoms with E-state index in [9.17, 15) is 9.59 Å². The van der Waals surface area contributed by atoms with Gasteiger partial charge in [-0.05, 0) is 32.4 Å². The molecule has 1 aliphatic heterocycles. The fourth-order valence-electron chi connectivity index (χ4n) is 2.44. The molecule has 1 aromatic rings. The van der Waals surface area contributed by atoms with E-state index in [0.29, 0.717) is 19.8 Å². The third-order valence-electron chi connectivity index (χ3n) is 4.06. The van der Waals surface area contributed by atoms with E-state index in [-0.39, 0.29) is 18.4 Å². The van der Waals surface area contributed by atoms with Gasteiger partial charge in [-0.2, -0.15) is 0 Å². The largest absolute Gasteiger partial charge is 0.488 e. The molecule has 0 bridgehead atoms. The van der Waals surface area contributed by atoms with E-state index in [2.05, 4.69) is 5.32 Å². The monoisotopic (exact) mass is 335 g/mol. The van der Waals surface area contributed by atoms with Crippen molar-refractivity contribution in [3.63, 3.8) is 0 Å². The van der Waals surface area contributed by atoms with E-state index in [0.717, 1.165) is 23.3 Å². The average molecular weight is 335 g/mol. The van der Waals surface area contributed by atoms with Crippen LogP contribution in [0.25, 0.3) is 0 Å². The van der Waals surface area contributed by atoms with Gasteiger partial charge in [-0.3, -0.25) is 9.59 Å². The summed E-state index contributed by atoms with van der Waals surface area (Å²) >= 11 is 0. The molecule has 6 nitrogen and oxygen atoms in total. The van der Waals surface area contributed by atoms with Crippen LogP contribution in [0.2, 0.25) is 0 Å². The van der Waals surface area contributed by atoms with Gasteiger partial charge in [-0.1, -0.05) is 12.1 Å². The molecule has 0 radical (unpaired) electrons. The van der Waals surface area contributed by atoms with Crippen LogP contribution in [0.3, 0.4) is 0 Å². The van der Waals surface area contributed by atoms with Crippen molar-refractivity contribution >= 4 is 11.9 Å². The summed E-state index contributed by atoms with van der Waals surface area (Å²) < 4.78 is 11.3. The molecule has 24 heavy (non-hydrogen) atoms. The quantitative estimate of drug-likeness (QED) is 0.798. The molecular formula is C18H25NO5. The first-order chi connectivity index (χ1) is 11.3. The highest BCUT2D eigenvalue weighted by atomic mass is 16.5. The Morgan fingerprint density at radius 2 is 2.17 bits per heavy atom. The number of carboxylic acid groups (broad SMARTS) is 1. The number of aliphatic carboxylic acids is 1. The summed E-state index contributed by atoms with van der Waals surface area (Å²) in [6, 6.07) is 5.82.